The molecule has 110 valence electrons. The zero-order valence-corrected chi connectivity index (χ0v) is 13.3. The van der Waals surface area contributed by atoms with Crippen molar-refractivity contribution < 1.29 is 9.13 Å². The number of fused-ring (bicyclic) bond motifs is 1. The summed E-state index contributed by atoms with van der Waals surface area (Å²) in [6.45, 7) is 4.97. The van der Waals surface area contributed by atoms with Gasteiger partial charge in [-0.05, 0) is 40.2 Å². The second-order valence-corrected chi connectivity index (χ2v) is 6.11. The summed E-state index contributed by atoms with van der Waals surface area (Å²) in [6, 6.07) is 3.10. The summed E-state index contributed by atoms with van der Waals surface area (Å²) < 4.78 is 21.3. The third-order valence-electron chi connectivity index (χ3n) is 3.80. The summed E-state index contributed by atoms with van der Waals surface area (Å²) in [6.07, 6.45) is 0. The maximum absolute atomic E-state index is 13.7. The number of halogens is 1. The van der Waals surface area contributed by atoms with Crippen molar-refractivity contribution in [3.05, 3.63) is 22.7 Å². The molecule has 0 fully saturated rings. The zero-order chi connectivity index (χ0) is 15.1. The van der Waals surface area contributed by atoms with Crippen LogP contribution in [0.25, 0.3) is 11.0 Å². The van der Waals surface area contributed by atoms with Gasteiger partial charge in [-0.25, -0.2) is 4.39 Å². The van der Waals surface area contributed by atoms with E-state index in [0.717, 1.165) is 5.52 Å². The van der Waals surface area contributed by atoms with E-state index in [1.54, 1.807) is 6.07 Å². The molecule has 1 aromatic carbocycles. The van der Waals surface area contributed by atoms with Crippen molar-refractivity contribution in [1.29, 1.82) is 0 Å². The topological polar surface area (TPSA) is 33.2 Å². The Morgan fingerprint density at radius 2 is 2.05 bits per heavy atom. The first kappa shape index (κ1) is 15.0. The van der Waals surface area contributed by atoms with Gasteiger partial charge in [-0.15, -0.1) is 0 Å². The van der Waals surface area contributed by atoms with Gasteiger partial charge in [0.2, 0.25) is 0 Å². The minimum Gasteiger partial charge on any atom is -0.494 e. The van der Waals surface area contributed by atoms with Gasteiger partial charge in [0.05, 0.1) is 18.1 Å². The minimum atomic E-state index is -0.393. The van der Waals surface area contributed by atoms with Crippen LogP contribution in [-0.4, -0.2) is 41.2 Å². The van der Waals surface area contributed by atoms with Gasteiger partial charge in [-0.3, -0.25) is 0 Å². The molecule has 1 N–H and O–H groups in total. The number of imidazole rings is 1. The highest BCUT2D eigenvalue weighted by molar-refractivity contribution is 7.71. The van der Waals surface area contributed by atoms with Gasteiger partial charge in [0.25, 0.3) is 0 Å². The molecule has 0 saturated carbocycles. The molecule has 0 amide bonds. The number of rotatable bonds is 4. The summed E-state index contributed by atoms with van der Waals surface area (Å²) in [5.41, 5.74) is 1.46. The minimum absolute atomic E-state index is 0.0744. The molecule has 0 spiro atoms. The van der Waals surface area contributed by atoms with Crippen LogP contribution in [-0.2, 0) is 6.54 Å². The number of aromatic nitrogens is 2. The van der Waals surface area contributed by atoms with E-state index < -0.39 is 5.82 Å². The Hall–Kier alpha value is -1.40. The van der Waals surface area contributed by atoms with Gasteiger partial charge in [-0.2, -0.15) is 0 Å². The molecule has 20 heavy (non-hydrogen) atoms. The zero-order valence-electron chi connectivity index (χ0n) is 12.5. The molecule has 1 aromatic heterocycles. The molecule has 0 saturated heterocycles. The third kappa shape index (κ3) is 2.58. The molecule has 0 aliphatic heterocycles. The number of aromatic amines is 1. The summed E-state index contributed by atoms with van der Waals surface area (Å²) in [5, 5.41) is 0. The van der Waals surface area contributed by atoms with Gasteiger partial charge in [0.1, 0.15) is 0 Å². The fraction of sp³-hybridized carbons (Fsp3) is 0.500. The molecular formula is C14H20FN3OS. The number of hydrogen-bond donors (Lipinski definition) is 1. The molecule has 6 heteroatoms. The first-order valence-electron chi connectivity index (χ1n) is 6.40. The van der Waals surface area contributed by atoms with Crippen molar-refractivity contribution in [3.8, 4) is 5.75 Å². The SMILES string of the molecule is COc1cc2c(cc1F)[nH]c(=S)n2CC(C)(C)N(C)C. The maximum Gasteiger partial charge on any atom is 0.178 e. The number of benzene rings is 1. The predicted octanol–water partition coefficient (Wildman–Crippen LogP) is 3.19. The maximum atomic E-state index is 13.7. The number of nitrogens with zero attached hydrogens (tertiary/aromatic N) is 2. The lowest BCUT2D eigenvalue weighted by atomic mass is 10.0. The predicted molar refractivity (Wildman–Crippen MR) is 81.4 cm³/mol. The Balaban J connectivity index is 2.59. The standard InChI is InChI=1S/C14H20FN3OS/c1-14(2,17(3)4)8-18-11-7-12(19-5)9(15)6-10(11)16-13(18)20/h6-7H,8H2,1-5H3,(H,16,20). The van der Waals surface area contributed by atoms with Gasteiger partial charge in [0, 0.05) is 24.2 Å². The number of hydrogen-bond acceptors (Lipinski definition) is 3. The smallest absolute Gasteiger partial charge is 0.178 e. The van der Waals surface area contributed by atoms with Crippen molar-refractivity contribution in [2.75, 3.05) is 21.2 Å². The van der Waals surface area contributed by atoms with Crippen LogP contribution in [0.1, 0.15) is 13.8 Å². The van der Waals surface area contributed by atoms with Crippen molar-refractivity contribution in [2.45, 2.75) is 25.9 Å². The molecule has 0 aliphatic carbocycles. The Labute approximate surface area is 123 Å². The van der Waals surface area contributed by atoms with Crippen molar-refractivity contribution in [3.63, 3.8) is 0 Å². The van der Waals surface area contributed by atoms with Crippen LogP contribution in [0.15, 0.2) is 12.1 Å². The Morgan fingerprint density at radius 3 is 2.60 bits per heavy atom. The van der Waals surface area contributed by atoms with Gasteiger partial charge < -0.3 is 19.2 Å². The number of H-pyrrole nitrogens is 1. The average Bonchev–Trinajstić information content (AvgIpc) is 2.63. The monoisotopic (exact) mass is 297 g/mol. The Kier molecular flexibility index (Phi) is 3.88. The normalized spacial score (nSPS) is 12.3. The summed E-state index contributed by atoms with van der Waals surface area (Å²) in [4.78, 5) is 5.18. The van der Waals surface area contributed by atoms with E-state index in [9.17, 15) is 4.39 Å². The molecule has 0 radical (unpaired) electrons. The van der Waals surface area contributed by atoms with E-state index >= 15 is 0 Å². The summed E-state index contributed by atoms with van der Waals surface area (Å²) in [5.74, 6) is -0.168. The fourth-order valence-corrected chi connectivity index (χ4v) is 2.27. The van der Waals surface area contributed by atoms with Crippen molar-refractivity contribution >= 4 is 23.3 Å². The highest BCUT2D eigenvalue weighted by Gasteiger charge is 2.23. The van der Waals surface area contributed by atoms with Gasteiger partial charge in [0.15, 0.2) is 16.3 Å². The molecule has 0 bridgehead atoms. The van der Waals surface area contributed by atoms with Crippen LogP contribution in [0, 0.1) is 10.6 Å². The third-order valence-corrected chi connectivity index (χ3v) is 4.13. The number of methoxy groups -OCH3 is 1. The quantitative estimate of drug-likeness (QED) is 0.880. The molecule has 0 atom stereocenters. The van der Waals surface area contributed by atoms with Gasteiger partial charge in [-0.1, -0.05) is 0 Å². The first-order chi connectivity index (χ1) is 9.26. The first-order valence-corrected chi connectivity index (χ1v) is 6.80. The van der Waals surface area contributed by atoms with Crippen LogP contribution >= 0.6 is 12.2 Å². The lowest BCUT2D eigenvalue weighted by molar-refractivity contribution is 0.170. The second kappa shape index (κ2) is 5.18. The molecule has 0 unspecified atom stereocenters. The highest BCUT2D eigenvalue weighted by atomic mass is 32.1. The second-order valence-electron chi connectivity index (χ2n) is 5.73. The van der Waals surface area contributed by atoms with Crippen LogP contribution < -0.4 is 4.74 Å². The molecule has 0 aliphatic rings. The summed E-state index contributed by atoms with van der Waals surface area (Å²) >= 11 is 5.36. The lowest BCUT2D eigenvalue weighted by Gasteiger charge is -2.33. The van der Waals surface area contributed by atoms with Crippen LogP contribution in [0.3, 0.4) is 0 Å². The Morgan fingerprint density at radius 1 is 1.40 bits per heavy atom. The number of likely N-dealkylation sites (N-methyl/N-ethyl adjacent to an activating group) is 1. The molecular weight excluding hydrogens is 277 g/mol. The van der Waals surface area contributed by atoms with E-state index in [-0.39, 0.29) is 11.3 Å². The van der Waals surface area contributed by atoms with E-state index in [1.165, 1.54) is 13.2 Å². The van der Waals surface area contributed by atoms with E-state index in [1.807, 2.05) is 18.7 Å². The summed E-state index contributed by atoms with van der Waals surface area (Å²) in [7, 11) is 5.51. The van der Waals surface area contributed by atoms with E-state index in [2.05, 4.69) is 23.7 Å². The fourth-order valence-electron chi connectivity index (χ4n) is 2.00. The van der Waals surface area contributed by atoms with E-state index in [0.29, 0.717) is 16.8 Å². The highest BCUT2D eigenvalue weighted by Crippen LogP contribution is 2.26. The van der Waals surface area contributed by atoms with Gasteiger partial charge >= 0.3 is 0 Å². The number of ether oxygens (including phenoxy) is 1. The van der Waals surface area contributed by atoms with Crippen molar-refractivity contribution in [2.24, 2.45) is 0 Å². The van der Waals surface area contributed by atoms with Crippen LogP contribution in [0.5, 0.6) is 5.75 Å². The van der Waals surface area contributed by atoms with Crippen LogP contribution in [0.4, 0.5) is 4.39 Å². The van der Waals surface area contributed by atoms with Crippen LogP contribution in [0.2, 0.25) is 0 Å². The van der Waals surface area contributed by atoms with E-state index in [4.69, 9.17) is 17.0 Å². The lowest BCUT2D eigenvalue weighted by Crippen LogP contribution is -2.42. The average molecular weight is 297 g/mol. The van der Waals surface area contributed by atoms with Crippen molar-refractivity contribution in [1.82, 2.24) is 14.5 Å². The molecule has 2 aromatic rings. The molecule has 4 nitrogen and oxygen atoms in total. The Bertz CT molecular complexity index is 688. The molecule has 2 rings (SSSR count). The largest absolute Gasteiger partial charge is 0.494 e. The molecule has 1 heterocycles. The number of nitrogens with one attached hydrogen (secondary N) is 1.